The van der Waals surface area contributed by atoms with Gasteiger partial charge in [0.25, 0.3) is 5.91 Å². The molecule has 0 spiro atoms. The third-order valence-electron chi connectivity index (χ3n) is 2.67. The molecule has 7 nitrogen and oxygen atoms in total. The Morgan fingerprint density at radius 2 is 2.10 bits per heavy atom. The average Bonchev–Trinajstić information content (AvgIpc) is 2.92. The van der Waals surface area contributed by atoms with Gasteiger partial charge in [-0.15, -0.1) is 0 Å². The fourth-order valence-corrected chi connectivity index (χ4v) is 2.85. The van der Waals surface area contributed by atoms with Gasteiger partial charge in [0.1, 0.15) is 5.69 Å². The molecule has 0 bridgehead atoms. The molecule has 0 unspecified atom stereocenters. The number of rotatable bonds is 5. The first kappa shape index (κ1) is 15.8. The van der Waals surface area contributed by atoms with E-state index in [1.807, 2.05) is 6.92 Å². The highest BCUT2D eigenvalue weighted by Gasteiger charge is 2.23. The van der Waals surface area contributed by atoms with E-state index in [2.05, 4.69) is 47.3 Å². The van der Waals surface area contributed by atoms with Crippen molar-refractivity contribution in [3.63, 3.8) is 0 Å². The third-order valence-corrected chi connectivity index (χ3v) is 4.78. The van der Waals surface area contributed by atoms with Crippen molar-refractivity contribution < 1.29 is 14.3 Å². The Balaban J connectivity index is 2.69. The number of ether oxygens (including phenoxy) is 2. The molecule has 2 rings (SSSR count). The minimum Gasteiger partial charge on any atom is -0.492 e. The van der Waals surface area contributed by atoms with Gasteiger partial charge in [-0.05, 0) is 44.8 Å². The van der Waals surface area contributed by atoms with Gasteiger partial charge in [0.15, 0.2) is 17.2 Å². The van der Waals surface area contributed by atoms with Crippen molar-refractivity contribution in [2.45, 2.75) is 6.92 Å². The van der Waals surface area contributed by atoms with E-state index in [1.165, 1.54) is 0 Å². The van der Waals surface area contributed by atoms with Crippen LogP contribution in [0.1, 0.15) is 17.4 Å². The predicted molar refractivity (Wildman–Crippen MR) is 83.5 cm³/mol. The minimum absolute atomic E-state index is 0.0511. The number of methoxy groups -OCH3 is 1. The third kappa shape index (κ3) is 2.88. The van der Waals surface area contributed by atoms with Crippen LogP contribution < -0.4 is 15.2 Å². The van der Waals surface area contributed by atoms with E-state index in [9.17, 15) is 4.79 Å². The van der Waals surface area contributed by atoms with Crippen molar-refractivity contribution in [1.29, 1.82) is 0 Å². The molecule has 112 valence electrons. The summed E-state index contributed by atoms with van der Waals surface area (Å²) in [7, 11) is 1.54. The lowest BCUT2D eigenvalue weighted by Crippen LogP contribution is -2.13. The van der Waals surface area contributed by atoms with E-state index < -0.39 is 5.91 Å². The molecule has 0 saturated heterocycles. The van der Waals surface area contributed by atoms with Crippen LogP contribution >= 0.6 is 31.9 Å². The van der Waals surface area contributed by atoms with Crippen molar-refractivity contribution in [2.75, 3.05) is 13.7 Å². The summed E-state index contributed by atoms with van der Waals surface area (Å²) in [4.78, 5) is 11.4. The van der Waals surface area contributed by atoms with E-state index >= 15 is 0 Å². The Kier molecular flexibility index (Phi) is 4.84. The van der Waals surface area contributed by atoms with E-state index in [0.29, 0.717) is 38.3 Å². The Hall–Kier alpha value is -1.61. The highest BCUT2D eigenvalue weighted by molar-refractivity contribution is 9.13. The number of amides is 1. The maximum absolute atomic E-state index is 11.4. The number of nitrogens with zero attached hydrogens (tertiary/aromatic N) is 2. The van der Waals surface area contributed by atoms with Crippen LogP contribution in [0, 0.1) is 0 Å². The maximum atomic E-state index is 11.4. The quantitative estimate of drug-likeness (QED) is 0.774. The van der Waals surface area contributed by atoms with E-state index in [1.54, 1.807) is 13.2 Å². The zero-order valence-corrected chi connectivity index (χ0v) is 14.4. The SMILES string of the molecule is CCOc1cc(-c2n[nH]nc2C(N)=O)c(Br)c(Br)c1OC. The molecule has 0 aliphatic carbocycles. The Morgan fingerprint density at radius 3 is 2.67 bits per heavy atom. The Labute approximate surface area is 137 Å². The van der Waals surface area contributed by atoms with Gasteiger partial charge in [0.2, 0.25) is 0 Å². The number of primary amides is 1. The molecular formula is C12H12Br2N4O3. The average molecular weight is 420 g/mol. The summed E-state index contributed by atoms with van der Waals surface area (Å²) in [5.74, 6) is 0.385. The first-order chi connectivity index (χ1) is 10.0. The number of hydrogen-bond acceptors (Lipinski definition) is 5. The first-order valence-corrected chi connectivity index (χ1v) is 7.49. The molecule has 21 heavy (non-hydrogen) atoms. The van der Waals surface area contributed by atoms with Gasteiger partial charge in [-0.1, -0.05) is 0 Å². The van der Waals surface area contributed by atoms with Gasteiger partial charge in [-0.25, -0.2) is 0 Å². The molecule has 1 aromatic carbocycles. The van der Waals surface area contributed by atoms with Gasteiger partial charge in [-0.3, -0.25) is 4.79 Å². The van der Waals surface area contributed by atoms with Gasteiger partial charge >= 0.3 is 0 Å². The summed E-state index contributed by atoms with van der Waals surface area (Å²) in [5, 5.41) is 10.1. The number of nitrogens with one attached hydrogen (secondary N) is 1. The number of aromatic amines is 1. The van der Waals surface area contributed by atoms with Crippen LogP contribution in [0.15, 0.2) is 15.0 Å². The highest BCUT2D eigenvalue weighted by Crippen LogP contribution is 2.46. The van der Waals surface area contributed by atoms with Gasteiger partial charge in [-0.2, -0.15) is 15.4 Å². The molecule has 0 radical (unpaired) electrons. The monoisotopic (exact) mass is 418 g/mol. The van der Waals surface area contributed by atoms with E-state index in [4.69, 9.17) is 15.2 Å². The lowest BCUT2D eigenvalue weighted by Gasteiger charge is -2.15. The largest absolute Gasteiger partial charge is 0.492 e. The van der Waals surface area contributed by atoms with E-state index in [0.717, 1.165) is 0 Å². The molecule has 9 heteroatoms. The zero-order chi connectivity index (χ0) is 15.6. The van der Waals surface area contributed by atoms with Crippen LogP contribution in [-0.2, 0) is 0 Å². The fraction of sp³-hybridized carbons (Fsp3) is 0.250. The molecule has 2 aromatic rings. The number of halogens is 2. The number of benzene rings is 1. The van der Waals surface area contributed by atoms with Gasteiger partial charge in [0.05, 0.1) is 18.2 Å². The summed E-state index contributed by atoms with van der Waals surface area (Å²) < 4.78 is 12.2. The predicted octanol–water partition coefficient (Wildman–Crippen LogP) is 2.50. The van der Waals surface area contributed by atoms with E-state index in [-0.39, 0.29) is 5.69 Å². The second kappa shape index (κ2) is 6.44. The summed E-state index contributed by atoms with van der Waals surface area (Å²) >= 11 is 6.88. The van der Waals surface area contributed by atoms with Crippen LogP contribution in [-0.4, -0.2) is 35.0 Å². The van der Waals surface area contributed by atoms with Crippen molar-refractivity contribution in [3.05, 3.63) is 20.7 Å². The number of hydrogen-bond donors (Lipinski definition) is 2. The second-order valence-corrected chi connectivity index (χ2v) is 5.49. The lowest BCUT2D eigenvalue weighted by atomic mass is 10.1. The fourth-order valence-electron chi connectivity index (χ4n) is 1.80. The summed E-state index contributed by atoms with van der Waals surface area (Å²) in [6, 6.07) is 1.71. The molecule has 0 atom stereocenters. The maximum Gasteiger partial charge on any atom is 0.271 e. The normalized spacial score (nSPS) is 10.5. The first-order valence-electron chi connectivity index (χ1n) is 5.90. The zero-order valence-electron chi connectivity index (χ0n) is 11.2. The highest BCUT2D eigenvalue weighted by atomic mass is 79.9. The molecule has 0 aliphatic rings. The Morgan fingerprint density at radius 1 is 1.38 bits per heavy atom. The van der Waals surface area contributed by atoms with Crippen LogP contribution in [0.3, 0.4) is 0 Å². The van der Waals surface area contributed by atoms with Crippen LogP contribution in [0.25, 0.3) is 11.3 Å². The minimum atomic E-state index is -0.671. The molecule has 0 saturated carbocycles. The number of aromatic nitrogens is 3. The summed E-state index contributed by atoms with van der Waals surface area (Å²) in [5.41, 5.74) is 6.28. The number of H-pyrrole nitrogens is 1. The molecule has 1 aromatic heterocycles. The van der Waals surface area contributed by atoms with Gasteiger partial charge in [0, 0.05) is 10.0 Å². The number of carbonyl (C=O) groups excluding carboxylic acids is 1. The summed E-state index contributed by atoms with van der Waals surface area (Å²) in [6.45, 7) is 2.32. The standard InChI is InChI=1S/C12H12Br2N4O3/c1-3-21-6-4-5(7(13)8(14)11(6)20-2)9-10(12(15)19)17-18-16-9/h4H,3H2,1-2H3,(H2,15,19)(H,16,17,18). The van der Waals surface area contributed by atoms with Crippen molar-refractivity contribution >= 4 is 37.8 Å². The van der Waals surface area contributed by atoms with Gasteiger partial charge < -0.3 is 15.2 Å². The molecule has 0 aliphatic heterocycles. The summed E-state index contributed by atoms with van der Waals surface area (Å²) in [6.07, 6.45) is 0. The van der Waals surface area contributed by atoms with Crippen LogP contribution in [0.4, 0.5) is 0 Å². The van der Waals surface area contributed by atoms with Crippen molar-refractivity contribution in [1.82, 2.24) is 15.4 Å². The molecule has 1 heterocycles. The Bertz CT molecular complexity index is 687. The smallest absolute Gasteiger partial charge is 0.271 e. The number of carbonyl (C=O) groups is 1. The lowest BCUT2D eigenvalue weighted by molar-refractivity contribution is 0.0996. The topological polar surface area (TPSA) is 103 Å². The van der Waals surface area contributed by atoms with Crippen LogP contribution in [0.2, 0.25) is 0 Å². The van der Waals surface area contributed by atoms with Crippen molar-refractivity contribution in [2.24, 2.45) is 5.73 Å². The van der Waals surface area contributed by atoms with Crippen LogP contribution in [0.5, 0.6) is 11.5 Å². The van der Waals surface area contributed by atoms with Crippen molar-refractivity contribution in [3.8, 4) is 22.8 Å². The molecular weight excluding hydrogens is 408 g/mol. The molecule has 3 N–H and O–H groups in total. The molecule has 1 amide bonds. The molecule has 0 fully saturated rings. The number of nitrogens with two attached hydrogens (primary N) is 1. The second-order valence-electron chi connectivity index (χ2n) is 3.90.